The summed E-state index contributed by atoms with van der Waals surface area (Å²) in [5.41, 5.74) is 4.30. The van der Waals surface area contributed by atoms with Crippen LogP contribution < -0.4 is 0 Å². The van der Waals surface area contributed by atoms with Crippen molar-refractivity contribution in [1.82, 2.24) is 4.90 Å². The van der Waals surface area contributed by atoms with Crippen LogP contribution in [0.25, 0.3) is 5.57 Å². The van der Waals surface area contributed by atoms with Gasteiger partial charge in [-0.15, -0.1) is 0 Å². The van der Waals surface area contributed by atoms with Crippen molar-refractivity contribution in [3.63, 3.8) is 0 Å². The molecule has 0 spiro atoms. The van der Waals surface area contributed by atoms with Gasteiger partial charge in [0.15, 0.2) is 0 Å². The second-order valence-electron chi connectivity index (χ2n) is 6.98. The number of benzene rings is 1. The van der Waals surface area contributed by atoms with Crippen LogP contribution in [0.5, 0.6) is 0 Å². The summed E-state index contributed by atoms with van der Waals surface area (Å²) in [6, 6.07) is 8.87. The van der Waals surface area contributed by atoms with Gasteiger partial charge < -0.3 is 9.64 Å². The van der Waals surface area contributed by atoms with Crippen LogP contribution in [0.2, 0.25) is 0 Å². The lowest BCUT2D eigenvalue weighted by Crippen LogP contribution is -2.29. The lowest BCUT2D eigenvalue weighted by atomic mass is 9.79. The molecule has 0 saturated carbocycles. The monoisotopic (exact) mass is 323 g/mol. The van der Waals surface area contributed by atoms with Crippen LogP contribution in [-0.4, -0.2) is 38.3 Å². The van der Waals surface area contributed by atoms with Crippen LogP contribution in [0.15, 0.2) is 54.6 Å². The maximum absolute atomic E-state index is 6.16. The third-order valence-corrected chi connectivity index (χ3v) is 5.04. The van der Waals surface area contributed by atoms with Gasteiger partial charge in [0.25, 0.3) is 0 Å². The number of hydrogen-bond acceptors (Lipinski definition) is 2. The molecule has 2 aliphatic carbocycles. The molecule has 1 aromatic rings. The van der Waals surface area contributed by atoms with Gasteiger partial charge in [-0.25, -0.2) is 0 Å². The smallest absolute Gasteiger partial charge is 0.0687 e. The molecule has 2 aliphatic rings. The van der Waals surface area contributed by atoms with Gasteiger partial charge >= 0.3 is 0 Å². The summed E-state index contributed by atoms with van der Waals surface area (Å²) in [6.45, 7) is 3.95. The van der Waals surface area contributed by atoms with E-state index in [1.807, 2.05) is 0 Å². The molecule has 3 atom stereocenters. The summed E-state index contributed by atoms with van der Waals surface area (Å²) >= 11 is 0. The topological polar surface area (TPSA) is 12.5 Å². The molecular formula is C22H29NO. The predicted molar refractivity (Wildman–Crippen MR) is 102 cm³/mol. The quantitative estimate of drug-likeness (QED) is 0.799. The maximum Gasteiger partial charge on any atom is 0.0687 e. The molecule has 0 bridgehead atoms. The lowest BCUT2D eigenvalue weighted by Gasteiger charge is -2.30. The Hall–Kier alpha value is -1.64. The minimum atomic E-state index is 0.252. The maximum atomic E-state index is 6.16. The summed E-state index contributed by atoms with van der Waals surface area (Å²) in [4.78, 5) is 2.25. The number of hydrogen-bond donors (Lipinski definition) is 0. The van der Waals surface area contributed by atoms with E-state index in [9.17, 15) is 0 Å². The van der Waals surface area contributed by atoms with Gasteiger partial charge in [0.2, 0.25) is 0 Å². The zero-order chi connectivity index (χ0) is 16.9. The third kappa shape index (κ3) is 3.71. The zero-order valence-corrected chi connectivity index (χ0v) is 15.1. The predicted octanol–water partition coefficient (Wildman–Crippen LogP) is 4.34. The molecule has 2 heteroatoms. The first-order valence-corrected chi connectivity index (χ1v) is 9.10. The Morgan fingerprint density at radius 1 is 1.17 bits per heavy atom. The number of fused-ring (bicyclic) bond motifs is 2. The van der Waals surface area contributed by atoms with E-state index in [1.54, 1.807) is 0 Å². The summed E-state index contributed by atoms with van der Waals surface area (Å²) in [5, 5.41) is 0. The summed E-state index contributed by atoms with van der Waals surface area (Å²) in [5.74, 6) is 0.838. The van der Waals surface area contributed by atoms with Crippen molar-refractivity contribution in [2.75, 3.05) is 27.2 Å². The van der Waals surface area contributed by atoms with Crippen molar-refractivity contribution >= 4 is 5.57 Å². The second kappa shape index (κ2) is 7.96. The van der Waals surface area contributed by atoms with Crippen molar-refractivity contribution < 1.29 is 4.74 Å². The summed E-state index contributed by atoms with van der Waals surface area (Å²) in [7, 11) is 4.27. The van der Waals surface area contributed by atoms with Crippen molar-refractivity contribution in [3.8, 4) is 0 Å². The summed E-state index contributed by atoms with van der Waals surface area (Å²) in [6.07, 6.45) is 13.9. The highest BCUT2D eigenvalue weighted by molar-refractivity contribution is 5.73. The molecule has 0 fully saturated rings. The molecule has 0 amide bonds. The van der Waals surface area contributed by atoms with Crippen LogP contribution in [0.3, 0.4) is 0 Å². The summed E-state index contributed by atoms with van der Waals surface area (Å²) < 4.78 is 6.16. The van der Waals surface area contributed by atoms with Gasteiger partial charge in [-0.3, -0.25) is 0 Å². The standard InChI is InChI=1S/C22H29NO/c1-4-24-22-16-17-10-5-6-11-18(17)19(14-9-15-23(2)3)20-12-7-8-13-21(20)22/h5-8,10-14,20-22H,4,9,15-16H2,1-3H3/t20?,21?,22-/m1/s1. The molecular weight excluding hydrogens is 294 g/mol. The Morgan fingerprint density at radius 2 is 1.96 bits per heavy atom. The average molecular weight is 323 g/mol. The van der Waals surface area contributed by atoms with E-state index in [0.29, 0.717) is 11.8 Å². The van der Waals surface area contributed by atoms with Crippen molar-refractivity contribution in [2.45, 2.75) is 25.9 Å². The molecule has 0 aromatic heterocycles. The van der Waals surface area contributed by atoms with E-state index >= 15 is 0 Å². The van der Waals surface area contributed by atoms with Crippen LogP contribution in [-0.2, 0) is 11.2 Å². The second-order valence-corrected chi connectivity index (χ2v) is 6.98. The van der Waals surface area contributed by atoms with Gasteiger partial charge in [0.05, 0.1) is 6.10 Å². The van der Waals surface area contributed by atoms with E-state index in [0.717, 1.165) is 26.0 Å². The van der Waals surface area contributed by atoms with Crippen molar-refractivity contribution in [1.29, 1.82) is 0 Å². The van der Waals surface area contributed by atoms with Crippen LogP contribution >= 0.6 is 0 Å². The van der Waals surface area contributed by atoms with E-state index in [2.05, 4.69) is 80.6 Å². The minimum absolute atomic E-state index is 0.252. The molecule has 3 rings (SSSR count). The van der Waals surface area contributed by atoms with Crippen LogP contribution in [0, 0.1) is 11.8 Å². The first-order valence-electron chi connectivity index (χ1n) is 9.10. The highest BCUT2D eigenvalue weighted by Crippen LogP contribution is 2.41. The first kappa shape index (κ1) is 17.2. The molecule has 0 N–H and O–H groups in total. The fourth-order valence-electron chi connectivity index (χ4n) is 3.91. The van der Waals surface area contributed by atoms with Crippen LogP contribution in [0.1, 0.15) is 24.5 Å². The third-order valence-electron chi connectivity index (χ3n) is 5.04. The van der Waals surface area contributed by atoms with Gasteiger partial charge in [-0.05, 0) is 50.6 Å². The molecule has 0 heterocycles. The molecule has 128 valence electrons. The highest BCUT2D eigenvalue weighted by Gasteiger charge is 2.34. The number of ether oxygens (including phenoxy) is 1. The Kier molecular flexibility index (Phi) is 5.70. The lowest BCUT2D eigenvalue weighted by molar-refractivity contribution is 0.0292. The molecule has 0 radical (unpaired) electrons. The fourth-order valence-corrected chi connectivity index (χ4v) is 3.91. The van der Waals surface area contributed by atoms with Crippen molar-refractivity contribution in [3.05, 3.63) is 65.8 Å². The Bertz CT molecular complexity index is 641. The van der Waals surface area contributed by atoms with Gasteiger partial charge in [0.1, 0.15) is 0 Å². The van der Waals surface area contributed by atoms with E-state index in [1.165, 1.54) is 16.7 Å². The minimum Gasteiger partial charge on any atom is -0.378 e. The van der Waals surface area contributed by atoms with E-state index in [-0.39, 0.29) is 6.10 Å². The normalized spacial score (nSPS) is 27.2. The largest absolute Gasteiger partial charge is 0.378 e. The Balaban J connectivity index is 2.01. The van der Waals surface area contributed by atoms with E-state index < -0.39 is 0 Å². The fraction of sp³-hybridized carbons (Fsp3) is 0.455. The SMILES string of the molecule is CCO[C@@H]1Cc2ccccc2C(=CCCN(C)C)C2C=CC=CC21. The molecule has 2 unspecified atom stereocenters. The number of allylic oxidation sites excluding steroid dienone is 4. The zero-order valence-electron chi connectivity index (χ0n) is 15.1. The Morgan fingerprint density at radius 3 is 2.75 bits per heavy atom. The van der Waals surface area contributed by atoms with Gasteiger partial charge in [-0.2, -0.15) is 0 Å². The molecule has 1 aromatic carbocycles. The number of rotatable bonds is 5. The van der Waals surface area contributed by atoms with Crippen LogP contribution in [0.4, 0.5) is 0 Å². The van der Waals surface area contributed by atoms with Crippen molar-refractivity contribution in [2.24, 2.45) is 11.8 Å². The molecule has 24 heavy (non-hydrogen) atoms. The Labute approximate surface area is 146 Å². The first-order chi connectivity index (χ1) is 11.7. The van der Waals surface area contributed by atoms with Gasteiger partial charge in [0, 0.05) is 25.0 Å². The molecule has 0 saturated heterocycles. The number of nitrogens with zero attached hydrogens (tertiary/aromatic N) is 1. The van der Waals surface area contributed by atoms with Gasteiger partial charge in [-0.1, -0.05) is 54.6 Å². The molecule has 2 nitrogen and oxygen atoms in total. The average Bonchev–Trinajstić information content (AvgIpc) is 2.71. The molecule has 0 aliphatic heterocycles. The van der Waals surface area contributed by atoms with E-state index in [4.69, 9.17) is 4.74 Å². The highest BCUT2D eigenvalue weighted by atomic mass is 16.5.